The van der Waals surface area contributed by atoms with Crippen LogP contribution in [0.1, 0.15) is 58.9 Å². The van der Waals surface area contributed by atoms with E-state index in [0.29, 0.717) is 17.7 Å². The van der Waals surface area contributed by atoms with E-state index in [1.165, 1.54) is 11.8 Å². The number of carboxylic acid groups (broad SMARTS) is 1. The van der Waals surface area contributed by atoms with Crippen molar-refractivity contribution in [2.75, 3.05) is 25.2 Å². The maximum atomic E-state index is 13.6. The zero-order chi connectivity index (χ0) is 41.0. The summed E-state index contributed by atoms with van der Waals surface area (Å²) in [6.45, 7) is 6.04. The summed E-state index contributed by atoms with van der Waals surface area (Å²) in [4.78, 5) is 101. The van der Waals surface area contributed by atoms with Gasteiger partial charge in [0.15, 0.2) is 0 Å². The molecule has 1 aromatic carbocycles. The van der Waals surface area contributed by atoms with Gasteiger partial charge in [0.25, 0.3) is 0 Å². The Hall–Kier alpha value is -4.75. The monoisotopic (exact) mass is 780 g/mol. The van der Waals surface area contributed by atoms with Crippen LogP contribution < -0.4 is 43.4 Å². The number of thioether (sulfide) groups is 1. The van der Waals surface area contributed by atoms with Crippen molar-refractivity contribution in [3.63, 3.8) is 0 Å². The minimum absolute atomic E-state index is 0.0142. The number of carboxylic acids is 1. The molecule has 12 N–H and O–H groups in total. The molecule has 7 amide bonds. The zero-order valence-electron chi connectivity index (χ0n) is 31.4. The SMILES string of the molecule is CSCC[C@H](NC(=O)C(CC(C)C)NC(=O)CCNC(=O)[C@@H](NC(=O)C(Cc1ccccc1)NC(=O)[C@H](CO)NC(=O)[C@@H](N)CC(=O)O)C(C)C)C(N)=O. The zero-order valence-corrected chi connectivity index (χ0v) is 32.2. The summed E-state index contributed by atoms with van der Waals surface area (Å²) in [5.41, 5.74) is 11.6. The lowest BCUT2D eigenvalue weighted by Crippen LogP contribution is -2.59. The first-order valence-corrected chi connectivity index (χ1v) is 19.0. The maximum Gasteiger partial charge on any atom is 0.305 e. The first kappa shape index (κ1) is 47.3. The van der Waals surface area contributed by atoms with Crippen molar-refractivity contribution in [1.82, 2.24) is 31.9 Å². The Morgan fingerprint density at radius 1 is 0.759 bits per heavy atom. The fraction of sp³-hybridized carbons (Fsp3) is 0.600. The lowest BCUT2D eigenvalue weighted by Gasteiger charge is -2.27. The van der Waals surface area contributed by atoms with Crippen LogP contribution in [-0.2, 0) is 44.8 Å². The van der Waals surface area contributed by atoms with E-state index < -0.39 is 103 Å². The minimum Gasteiger partial charge on any atom is -0.481 e. The van der Waals surface area contributed by atoms with E-state index in [1.807, 2.05) is 20.1 Å². The Balaban J connectivity index is 3.00. The number of aliphatic hydroxyl groups is 1. The molecule has 0 aromatic heterocycles. The third-order valence-electron chi connectivity index (χ3n) is 7.99. The van der Waals surface area contributed by atoms with Gasteiger partial charge >= 0.3 is 5.97 Å². The lowest BCUT2D eigenvalue weighted by atomic mass is 10.0. The average molecular weight is 781 g/mol. The number of benzene rings is 1. The third-order valence-corrected chi connectivity index (χ3v) is 8.63. The van der Waals surface area contributed by atoms with Crippen LogP contribution in [0, 0.1) is 11.8 Å². The molecule has 1 aromatic rings. The van der Waals surface area contributed by atoms with Crippen molar-refractivity contribution in [3.8, 4) is 0 Å². The summed E-state index contributed by atoms with van der Waals surface area (Å²) in [6, 6.07) is 1.26. The van der Waals surface area contributed by atoms with Crippen LogP contribution in [0.15, 0.2) is 30.3 Å². The van der Waals surface area contributed by atoms with Crippen molar-refractivity contribution < 1.29 is 48.6 Å². The van der Waals surface area contributed by atoms with Crippen LogP contribution >= 0.6 is 11.8 Å². The summed E-state index contributed by atoms with van der Waals surface area (Å²) in [5.74, 6) is -6.34. The van der Waals surface area contributed by atoms with E-state index in [9.17, 15) is 43.5 Å². The Bertz CT molecular complexity index is 1430. The number of carbonyl (C=O) groups is 8. The van der Waals surface area contributed by atoms with Gasteiger partial charge in [0, 0.05) is 19.4 Å². The van der Waals surface area contributed by atoms with E-state index in [2.05, 4.69) is 31.9 Å². The predicted octanol–water partition coefficient (Wildman–Crippen LogP) is -2.11. The highest BCUT2D eigenvalue weighted by Crippen LogP contribution is 2.09. The normalized spacial score (nSPS) is 14.4. The van der Waals surface area contributed by atoms with Crippen LogP contribution in [0.4, 0.5) is 0 Å². The fourth-order valence-electron chi connectivity index (χ4n) is 5.05. The van der Waals surface area contributed by atoms with E-state index in [1.54, 1.807) is 44.2 Å². The Morgan fingerprint density at radius 2 is 1.33 bits per heavy atom. The molecule has 18 nitrogen and oxygen atoms in total. The smallest absolute Gasteiger partial charge is 0.305 e. The maximum absolute atomic E-state index is 13.6. The van der Waals surface area contributed by atoms with Crippen molar-refractivity contribution in [2.24, 2.45) is 23.3 Å². The second-order valence-corrected chi connectivity index (χ2v) is 14.5. The number of hydrogen-bond acceptors (Lipinski definition) is 11. The Kier molecular flexibility index (Phi) is 21.5. The van der Waals surface area contributed by atoms with Crippen molar-refractivity contribution in [3.05, 3.63) is 35.9 Å². The molecular weight excluding hydrogens is 724 g/mol. The molecule has 0 bridgehead atoms. The molecule has 302 valence electrons. The summed E-state index contributed by atoms with van der Waals surface area (Å²) in [7, 11) is 0. The number of rotatable bonds is 25. The second kappa shape index (κ2) is 24.5. The largest absolute Gasteiger partial charge is 0.481 e. The number of aliphatic carboxylic acids is 1. The Labute approximate surface area is 319 Å². The van der Waals surface area contributed by atoms with E-state index in [0.717, 1.165) is 0 Å². The number of nitrogens with two attached hydrogens (primary N) is 2. The van der Waals surface area contributed by atoms with Crippen LogP contribution in [-0.4, -0.2) is 119 Å². The molecule has 0 radical (unpaired) electrons. The molecule has 19 heteroatoms. The van der Waals surface area contributed by atoms with Gasteiger partial charge in [-0.15, -0.1) is 0 Å². The fourth-order valence-corrected chi connectivity index (χ4v) is 5.52. The van der Waals surface area contributed by atoms with Gasteiger partial charge in [0.1, 0.15) is 30.2 Å². The molecule has 0 spiro atoms. The highest BCUT2D eigenvalue weighted by Gasteiger charge is 2.32. The molecule has 54 heavy (non-hydrogen) atoms. The third kappa shape index (κ3) is 17.8. The van der Waals surface area contributed by atoms with Crippen LogP contribution in [0.5, 0.6) is 0 Å². The van der Waals surface area contributed by atoms with E-state index in [-0.39, 0.29) is 31.7 Å². The molecule has 1 rings (SSSR count). The standard InChI is InChI=1S/C35H56N8O10S/c1-19(2)15-24(32(50)40-23(30(37)48)12-14-54-5)39-27(45)11-13-38-35(53)29(20(3)4)43-33(51)25(16-21-9-7-6-8-10-21)41-34(52)26(18-44)42-31(49)22(36)17-28(46)47/h6-10,19-20,22-26,29,44H,11-18,36H2,1-5H3,(H2,37,48)(H,38,53)(H,39,45)(H,40,50)(H,41,52)(H,42,49)(H,43,51)(H,46,47)/t22-,23-,24?,25?,26-,29-/m0/s1. The number of nitrogens with one attached hydrogen (secondary N) is 6. The van der Waals surface area contributed by atoms with Crippen molar-refractivity contribution in [1.29, 1.82) is 0 Å². The summed E-state index contributed by atoms with van der Waals surface area (Å²) < 4.78 is 0. The topological polar surface area (TPSA) is 301 Å². The number of hydrogen-bond donors (Lipinski definition) is 10. The number of carbonyl (C=O) groups excluding carboxylic acids is 7. The van der Waals surface area contributed by atoms with Gasteiger partial charge in [0.2, 0.25) is 41.4 Å². The number of primary amides is 1. The Morgan fingerprint density at radius 3 is 1.87 bits per heavy atom. The summed E-state index contributed by atoms with van der Waals surface area (Å²) in [6.07, 6.45) is 1.49. The number of amides is 7. The summed E-state index contributed by atoms with van der Waals surface area (Å²) in [5, 5.41) is 33.9. The second-order valence-electron chi connectivity index (χ2n) is 13.5. The van der Waals surface area contributed by atoms with Crippen LogP contribution in [0.2, 0.25) is 0 Å². The van der Waals surface area contributed by atoms with Gasteiger partial charge in [-0.05, 0) is 42.2 Å². The molecule has 0 aliphatic carbocycles. The van der Waals surface area contributed by atoms with Gasteiger partial charge in [-0.3, -0.25) is 38.4 Å². The highest BCUT2D eigenvalue weighted by molar-refractivity contribution is 7.98. The molecule has 0 heterocycles. The first-order valence-electron chi connectivity index (χ1n) is 17.6. The lowest BCUT2D eigenvalue weighted by molar-refractivity contribution is -0.140. The van der Waals surface area contributed by atoms with E-state index >= 15 is 0 Å². The first-order chi connectivity index (χ1) is 25.4. The van der Waals surface area contributed by atoms with Gasteiger partial charge < -0.3 is 53.6 Å². The minimum atomic E-state index is -1.57. The molecule has 6 atom stereocenters. The van der Waals surface area contributed by atoms with Gasteiger partial charge in [0.05, 0.1) is 19.1 Å². The quantitative estimate of drug-likeness (QED) is 0.0510. The average Bonchev–Trinajstić information content (AvgIpc) is 3.09. The van der Waals surface area contributed by atoms with Crippen LogP contribution in [0.3, 0.4) is 0 Å². The molecule has 0 aliphatic rings. The number of aliphatic hydroxyl groups excluding tert-OH is 1. The molecule has 2 unspecified atom stereocenters. The van der Waals surface area contributed by atoms with E-state index in [4.69, 9.17) is 16.6 Å². The molecule has 0 saturated carbocycles. The molecular formula is C35H56N8O10S. The molecule has 0 saturated heterocycles. The van der Waals surface area contributed by atoms with Gasteiger partial charge in [-0.1, -0.05) is 58.0 Å². The van der Waals surface area contributed by atoms with Crippen molar-refractivity contribution in [2.45, 2.75) is 96.1 Å². The van der Waals surface area contributed by atoms with Crippen LogP contribution in [0.25, 0.3) is 0 Å². The van der Waals surface area contributed by atoms with Gasteiger partial charge in [-0.2, -0.15) is 11.8 Å². The molecule has 0 fully saturated rings. The van der Waals surface area contributed by atoms with Gasteiger partial charge in [-0.25, -0.2) is 0 Å². The highest BCUT2D eigenvalue weighted by atomic mass is 32.2. The predicted molar refractivity (Wildman–Crippen MR) is 201 cm³/mol. The van der Waals surface area contributed by atoms with Crippen molar-refractivity contribution >= 4 is 59.1 Å². The summed E-state index contributed by atoms with van der Waals surface area (Å²) >= 11 is 1.49. The molecule has 0 aliphatic heterocycles.